The van der Waals surface area contributed by atoms with Gasteiger partial charge in [0.15, 0.2) is 0 Å². The molecule has 0 radical (unpaired) electrons. The van der Waals surface area contributed by atoms with Gasteiger partial charge in [-0.15, -0.1) is 0 Å². The fraction of sp³-hybridized carbons (Fsp3) is 0.350. The maximum Gasteiger partial charge on any atom is 0.292 e. The first kappa shape index (κ1) is 18.6. The third kappa shape index (κ3) is 4.06. The minimum Gasteiger partial charge on any atom is -0.393 e. The summed E-state index contributed by atoms with van der Waals surface area (Å²) in [6.07, 6.45) is 2.11. The highest BCUT2D eigenvalue weighted by Crippen LogP contribution is 2.34. The van der Waals surface area contributed by atoms with Crippen LogP contribution in [0.1, 0.15) is 12.8 Å². The van der Waals surface area contributed by atoms with Crippen LogP contribution in [0.4, 0.5) is 17.1 Å². The van der Waals surface area contributed by atoms with Crippen LogP contribution in [-0.4, -0.2) is 41.9 Å². The molecule has 1 aliphatic carbocycles. The molecule has 28 heavy (non-hydrogen) atoms. The summed E-state index contributed by atoms with van der Waals surface area (Å²) in [5.41, 5.74) is 7.01. The molecule has 7 nitrogen and oxygen atoms in total. The van der Waals surface area contributed by atoms with Crippen molar-refractivity contribution in [3.05, 3.63) is 52.6 Å². The summed E-state index contributed by atoms with van der Waals surface area (Å²) in [6, 6.07) is 13.0. The number of anilines is 2. The first-order chi connectivity index (χ1) is 13.5. The van der Waals surface area contributed by atoms with Crippen LogP contribution in [0.25, 0.3) is 0 Å². The molecule has 0 bridgehead atoms. The van der Waals surface area contributed by atoms with Gasteiger partial charge in [0, 0.05) is 53.6 Å². The molecule has 1 aliphatic heterocycles. The van der Waals surface area contributed by atoms with Crippen LogP contribution < -0.4 is 10.6 Å². The Kier molecular flexibility index (Phi) is 5.13. The van der Waals surface area contributed by atoms with E-state index >= 15 is 0 Å². The smallest absolute Gasteiger partial charge is 0.292 e. The van der Waals surface area contributed by atoms with Gasteiger partial charge in [-0.2, -0.15) is 0 Å². The lowest BCUT2D eigenvalue weighted by atomic mass is 10.2. The molecular weight excluding hydrogens is 376 g/mol. The van der Waals surface area contributed by atoms with Crippen LogP contribution in [0.5, 0.6) is 0 Å². The number of piperazine rings is 1. The zero-order valence-electron chi connectivity index (χ0n) is 15.4. The number of nitro groups is 1. The monoisotopic (exact) mass is 398 g/mol. The highest BCUT2D eigenvalue weighted by molar-refractivity contribution is 7.99. The SMILES string of the molecule is Nc1cc(Sc2ccc(N3CCN(C(=O)C4CC4)CC3)cc2)ccc1[N+](=O)[O-]. The normalized spacial score (nSPS) is 16.9. The molecule has 0 unspecified atom stereocenters. The van der Waals surface area contributed by atoms with Crippen LogP contribution in [-0.2, 0) is 4.79 Å². The van der Waals surface area contributed by atoms with Crippen molar-refractivity contribution in [1.29, 1.82) is 0 Å². The van der Waals surface area contributed by atoms with Crippen molar-refractivity contribution in [2.45, 2.75) is 22.6 Å². The molecule has 2 aromatic rings. The summed E-state index contributed by atoms with van der Waals surface area (Å²) in [5, 5.41) is 10.9. The molecule has 2 N–H and O–H groups in total. The lowest BCUT2D eigenvalue weighted by Crippen LogP contribution is -2.49. The first-order valence-electron chi connectivity index (χ1n) is 9.37. The van der Waals surface area contributed by atoms with Crippen LogP contribution in [0.15, 0.2) is 52.3 Å². The Labute approximate surface area is 167 Å². The number of hydrogen-bond acceptors (Lipinski definition) is 6. The summed E-state index contributed by atoms with van der Waals surface area (Å²) in [6.45, 7) is 3.27. The van der Waals surface area contributed by atoms with Gasteiger partial charge in [0.25, 0.3) is 5.69 Å². The van der Waals surface area contributed by atoms with Crippen LogP contribution >= 0.6 is 11.8 Å². The van der Waals surface area contributed by atoms with Crippen LogP contribution in [0.2, 0.25) is 0 Å². The predicted octanol–water partition coefficient (Wildman–Crippen LogP) is 3.39. The summed E-state index contributed by atoms with van der Waals surface area (Å²) in [4.78, 5) is 28.8. The summed E-state index contributed by atoms with van der Waals surface area (Å²) < 4.78 is 0. The maximum absolute atomic E-state index is 12.2. The van der Waals surface area contributed by atoms with Gasteiger partial charge in [-0.25, -0.2) is 0 Å². The number of carbonyl (C=O) groups is 1. The number of amides is 1. The van der Waals surface area contributed by atoms with Crippen molar-refractivity contribution < 1.29 is 9.72 Å². The van der Waals surface area contributed by atoms with Gasteiger partial charge in [0.05, 0.1) is 4.92 Å². The first-order valence-corrected chi connectivity index (χ1v) is 10.2. The second-order valence-corrected chi connectivity index (χ2v) is 8.31. The van der Waals surface area contributed by atoms with E-state index < -0.39 is 4.92 Å². The number of nitro benzene ring substituents is 1. The van der Waals surface area contributed by atoms with Crippen LogP contribution in [0.3, 0.4) is 0 Å². The minimum absolute atomic E-state index is 0.0704. The third-order valence-electron chi connectivity index (χ3n) is 5.15. The minimum atomic E-state index is -0.476. The van der Waals surface area contributed by atoms with E-state index in [-0.39, 0.29) is 17.3 Å². The van der Waals surface area contributed by atoms with Crippen molar-refractivity contribution in [2.75, 3.05) is 36.8 Å². The number of carbonyl (C=O) groups excluding carboxylic acids is 1. The summed E-state index contributed by atoms with van der Waals surface area (Å²) in [7, 11) is 0. The quantitative estimate of drug-likeness (QED) is 0.471. The summed E-state index contributed by atoms with van der Waals surface area (Å²) >= 11 is 1.52. The van der Waals surface area contributed by atoms with Gasteiger partial charge in [0.1, 0.15) is 5.69 Å². The number of benzene rings is 2. The lowest BCUT2D eigenvalue weighted by molar-refractivity contribution is -0.383. The van der Waals surface area contributed by atoms with Gasteiger partial charge < -0.3 is 15.5 Å². The Hall–Kier alpha value is -2.74. The molecular formula is C20H22N4O3S. The van der Waals surface area contributed by atoms with Gasteiger partial charge in [0.2, 0.25) is 5.91 Å². The molecule has 0 aromatic heterocycles. The highest BCUT2D eigenvalue weighted by atomic mass is 32.2. The molecule has 4 rings (SSSR count). The summed E-state index contributed by atoms with van der Waals surface area (Å²) in [5.74, 6) is 0.616. The van der Waals surface area contributed by atoms with Gasteiger partial charge >= 0.3 is 0 Å². The van der Waals surface area contributed by atoms with Crippen molar-refractivity contribution >= 4 is 34.7 Å². The van der Waals surface area contributed by atoms with Gasteiger partial charge in [-0.1, -0.05) is 11.8 Å². The van der Waals surface area contributed by atoms with Crippen molar-refractivity contribution in [1.82, 2.24) is 4.90 Å². The Balaban J connectivity index is 1.36. The lowest BCUT2D eigenvalue weighted by Gasteiger charge is -2.36. The van der Waals surface area contributed by atoms with E-state index in [1.165, 1.54) is 17.8 Å². The number of nitrogens with zero attached hydrogens (tertiary/aromatic N) is 3. The Morgan fingerprint density at radius 3 is 2.25 bits per heavy atom. The van der Waals surface area contributed by atoms with E-state index in [2.05, 4.69) is 17.0 Å². The molecule has 2 fully saturated rings. The van der Waals surface area contributed by atoms with E-state index in [0.29, 0.717) is 5.91 Å². The highest BCUT2D eigenvalue weighted by Gasteiger charge is 2.34. The molecule has 0 spiro atoms. The largest absolute Gasteiger partial charge is 0.393 e. The molecule has 2 aromatic carbocycles. The Morgan fingerprint density at radius 2 is 1.68 bits per heavy atom. The van der Waals surface area contributed by atoms with Crippen molar-refractivity contribution in [3.8, 4) is 0 Å². The molecule has 1 heterocycles. The van der Waals surface area contributed by atoms with E-state index in [4.69, 9.17) is 5.73 Å². The average Bonchev–Trinajstić information content (AvgIpc) is 3.53. The number of nitrogen functional groups attached to an aromatic ring is 1. The maximum atomic E-state index is 12.2. The molecule has 1 saturated heterocycles. The van der Waals surface area contributed by atoms with Gasteiger partial charge in [-0.3, -0.25) is 14.9 Å². The van der Waals surface area contributed by atoms with E-state index in [9.17, 15) is 14.9 Å². The molecule has 2 aliphatic rings. The van der Waals surface area contributed by atoms with E-state index in [0.717, 1.165) is 54.5 Å². The molecule has 0 atom stereocenters. The molecule has 146 valence electrons. The molecule has 8 heteroatoms. The van der Waals surface area contributed by atoms with Crippen LogP contribution in [0, 0.1) is 16.0 Å². The average molecular weight is 398 g/mol. The zero-order valence-corrected chi connectivity index (χ0v) is 16.2. The van der Waals surface area contributed by atoms with E-state index in [1.807, 2.05) is 17.0 Å². The number of hydrogen-bond donors (Lipinski definition) is 1. The van der Waals surface area contributed by atoms with Crippen molar-refractivity contribution in [3.63, 3.8) is 0 Å². The topological polar surface area (TPSA) is 92.7 Å². The zero-order chi connectivity index (χ0) is 19.7. The van der Waals surface area contributed by atoms with E-state index in [1.54, 1.807) is 12.1 Å². The van der Waals surface area contributed by atoms with Crippen molar-refractivity contribution in [2.24, 2.45) is 5.92 Å². The molecule has 1 amide bonds. The third-order valence-corrected chi connectivity index (χ3v) is 6.15. The Morgan fingerprint density at radius 1 is 1.04 bits per heavy atom. The Bertz CT molecular complexity index is 891. The standard InChI is InChI=1S/C20H22N4O3S/c21-18-13-17(7-8-19(18)24(26)27)28-16-5-3-15(4-6-16)22-9-11-23(12-10-22)20(25)14-1-2-14/h3-8,13-14H,1-2,9-12,21H2. The number of nitrogens with two attached hydrogens (primary N) is 1. The number of rotatable bonds is 5. The second kappa shape index (κ2) is 7.71. The predicted molar refractivity (Wildman–Crippen MR) is 110 cm³/mol. The fourth-order valence-corrected chi connectivity index (χ4v) is 4.26. The second-order valence-electron chi connectivity index (χ2n) is 7.16. The van der Waals surface area contributed by atoms with Gasteiger partial charge in [-0.05, 0) is 49.2 Å². The fourth-order valence-electron chi connectivity index (χ4n) is 3.40. The molecule has 1 saturated carbocycles.